The molecule has 0 bridgehead atoms. The topological polar surface area (TPSA) is 29.5 Å². The minimum Gasteiger partial charge on any atom is -0.490 e. The van der Waals surface area contributed by atoms with Crippen LogP contribution in [0.3, 0.4) is 0 Å². The lowest BCUT2D eigenvalue weighted by atomic mass is 9.96. The summed E-state index contributed by atoms with van der Waals surface area (Å²) in [5, 5.41) is 9.95. The molecule has 0 aromatic heterocycles. The number of rotatable bonds is 3. The van der Waals surface area contributed by atoms with Crippen molar-refractivity contribution < 1.29 is 9.84 Å². The highest BCUT2D eigenvalue weighted by Gasteiger charge is 2.25. The fourth-order valence-electron chi connectivity index (χ4n) is 2.08. The van der Waals surface area contributed by atoms with Gasteiger partial charge in [-0.25, -0.2) is 0 Å². The number of aliphatic hydroxyl groups is 1. The molecule has 15 heavy (non-hydrogen) atoms. The molecule has 2 rings (SSSR count). The van der Waals surface area contributed by atoms with Gasteiger partial charge in [0.1, 0.15) is 11.9 Å². The largest absolute Gasteiger partial charge is 0.490 e. The fraction of sp³-hybridized carbons (Fsp3) is 0.538. The Balaban J connectivity index is 2.08. The lowest BCUT2D eigenvalue weighted by Crippen LogP contribution is -2.25. The van der Waals surface area contributed by atoms with E-state index >= 15 is 0 Å². The highest BCUT2D eigenvalue weighted by molar-refractivity contribution is 5.36. The van der Waals surface area contributed by atoms with Gasteiger partial charge < -0.3 is 9.84 Å². The molecule has 0 radical (unpaired) electrons. The minimum atomic E-state index is -0.350. The Morgan fingerprint density at radius 2 is 2.20 bits per heavy atom. The summed E-state index contributed by atoms with van der Waals surface area (Å²) in [6, 6.07) is 7.78. The maximum absolute atomic E-state index is 9.95. The number of para-hydroxylation sites is 1. The Labute approximate surface area is 90.9 Å². The summed E-state index contributed by atoms with van der Waals surface area (Å²) in [6.07, 6.45) is 3.96. The number of aliphatic hydroxyl groups excluding tert-OH is 1. The maximum Gasteiger partial charge on any atom is 0.125 e. The molecule has 0 saturated heterocycles. The van der Waals surface area contributed by atoms with Crippen LogP contribution in [0.15, 0.2) is 24.3 Å². The van der Waals surface area contributed by atoms with Gasteiger partial charge in [-0.2, -0.15) is 0 Å². The van der Waals surface area contributed by atoms with Gasteiger partial charge in [0.25, 0.3) is 0 Å². The van der Waals surface area contributed by atoms with Gasteiger partial charge in [0.2, 0.25) is 0 Å². The van der Waals surface area contributed by atoms with Crippen molar-refractivity contribution in [2.24, 2.45) is 0 Å². The summed E-state index contributed by atoms with van der Waals surface area (Å²) in [4.78, 5) is 0. The Morgan fingerprint density at radius 1 is 1.40 bits per heavy atom. The van der Waals surface area contributed by atoms with Crippen molar-refractivity contribution in [3.8, 4) is 5.75 Å². The molecular formula is C13H18O2. The van der Waals surface area contributed by atoms with Crippen LogP contribution in [-0.2, 0) is 0 Å². The smallest absolute Gasteiger partial charge is 0.125 e. The van der Waals surface area contributed by atoms with Gasteiger partial charge in [0, 0.05) is 12.0 Å². The van der Waals surface area contributed by atoms with Crippen molar-refractivity contribution >= 4 is 0 Å². The molecule has 1 heterocycles. The summed E-state index contributed by atoms with van der Waals surface area (Å²) < 4.78 is 5.84. The molecule has 1 aliphatic rings. The van der Waals surface area contributed by atoms with Crippen LogP contribution < -0.4 is 4.74 Å². The normalized spacial score (nSPS) is 24.4. The lowest BCUT2D eigenvalue weighted by molar-refractivity contribution is 0.0607. The van der Waals surface area contributed by atoms with E-state index in [4.69, 9.17) is 4.74 Å². The Hall–Kier alpha value is -1.02. The summed E-state index contributed by atoms with van der Waals surface area (Å²) >= 11 is 0. The lowest BCUT2D eigenvalue weighted by Gasteiger charge is -2.29. The number of hydrogen-bond donors (Lipinski definition) is 1. The fourth-order valence-corrected chi connectivity index (χ4v) is 2.08. The van der Waals surface area contributed by atoms with Crippen molar-refractivity contribution in [2.75, 3.05) is 0 Å². The molecule has 0 spiro atoms. The van der Waals surface area contributed by atoms with E-state index in [2.05, 4.69) is 6.92 Å². The molecule has 0 amide bonds. The molecular weight excluding hydrogens is 188 g/mol. The molecule has 1 unspecified atom stereocenters. The van der Waals surface area contributed by atoms with E-state index in [1.807, 2.05) is 24.3 Å². The molecule has 1 aromatic rings. The molecule has 82 valence electrons. The Kier molecular flexibility index (Phi) is 3.27. The molecule has 0 aliphatic carbocycles. The molecule has 0 fully saturated rings. The van der Waals surface area contributed by atoms with Gasteiger partial charge >= 0.3 is 0 Å². The molecule has 2 nitrogen and oxygen atoms in total. The van der Waals surface area contributed by atoms with Crippen LogP contribution in [0, 0.1) is 0 Å². The quantitative estimate of drug-likeness (QED) is 0.823. The molecule has 1 aromatic carbocycles. The molecule has 1 aliphatic heterocycles. The van der Waals surface area contributed by atoms with Crippen molar-refractivity contribution in [2.45, 2.75) is 44.8 Å². The number of ether oxygens (including phenoxy) is 1. The summed E-state index contributed by atoms with van der Waals surface area (Å²) in [7, 11) is 0. The van der Waals surface area contributed by atoms with E-state index in [-0.39, 0.29) is 12.2 Å². The van der Waals surface area contributed by atoms with Crippen LogP contribution in [0.2, 0.25) is 0 Å². The second kappa shape index (κ2) is 4.67. The van der Waals surface area contributed by atoms with Gasteiger partial charge in [-0.05, 0) is 12.5 Å². The molecule has 1 N–H and O–H groups in total. The predicted molar refractivity (Wildman–Crippen MR) is 60.0 cm³/mol. The zero-order valence-electron chi connectivity index (χ0n) is 9.15. The first-order chi connectivity index (χ1) is 7.31. The van der Waals surface area contributed by atoms with E-state index in [1.165, 1.54) is 12.8 Å². The zero-order valence-corrected chi connectivity index (χ0v) is 9.15. The van der Waals surface area contributed by atoms with Crippen molar-refractivity contribution in [3.63, 3.8) is 0 Å². The van der Waals surface area contributed by atoms with Gasteiger partial charge in [0.15, 0.2) is 0 Å². The van der Waals surface area contributed by atoms with Crippen LogP contribution in [-0.4, -0.2) is 11.2 Å². The maximum atomic E-state index is 9.95. The van der Waals surface area contributed by atoms with Gasteiger partial charge in [-0.15, -0.1) is 0 Å². The van der Waals surface area contributed by atoms with E-state index in [0.717, 1.165) is 24.2 Å². The van der Waals surface area contributed by atoms with Crippen LogP contribution in [0.1, 0.15) is 44.3 Å². The van der Waals surface area contributed by atoms with E-state index in [1.54, 1.807) is 0 Å². The highest BCUT2D eigenvalue weighted by atomic mass is 16.5. The summed E-state index contributed by atoms with van der Waals surface area (Å²) in [5.41, 5.74) is 0.935. The molecule has 2 atom stereocenters. The third-order valence-corrected chi connectivity index (χ3v) is 2.94. The van der Waals surface area contributed by atoms with E-state index in [9.17, 15) is 5.11 Å². The second-order valence-electron chi connectivity index (χ2n) is 4.17. The summed E-state index contributed by atoms with van der Waals surface area (Å²) in [6.45, 7) is 2.17. The average molecular weight is 206 g/mol. The predicted octanol–water partition coefficient (Wildman–Crippen LogP) is 3.06. The van der Waals surface area contributed by atoms with Gasteiger partial charge in [-0.3, -0.25) is 0 Å². The number of benzene rings is 1. The third kappa shape index (κ3) is 2.32. The monoisotopic (exact) mass is 206 g/mol. The molecule has 0 saturated carbocycles. The average Bonchev–Trinajstić information content (AvgIpc) is 2.26. The first kappa shape index (κ1) is 10.5. The first-order valence-electron chi connectivity index (χ1n) is 5.75. The van der Waals surface area contributed by atoms with Crippen LogP contribution in [0.5, 0.6) is 5.75 Å². The van der Waals surface area contributed by atoms with Crippen LogP contribution >= 0.6 is 0 Å². The van der Waals surface area contributed by atoms with Crippen molar-refractivity contribution in [1.29, 1.82) is 0 Å². The third-order valence-electron chi connectivity index (χ3n) is 2.94. The van der Waals surface area contributed by atoms with Crippen molar-refractivity contribution in [3.05, 3.63) is 29.8 Å². The molecule has 2 heteroatoms. The van der Waals surface area contributed by atoms with Crippen molar-refractivity contribution in [1.82, 2.24) is 0 Å². The first-order valence-corrected chi connectivity index (χ1v) is 5.75. The Morgan fingerprint density at radius 3 is 3.00 bits per heavy atom. The van der Waals surface area contributed by atoms with Crippen LogP contribution in [0.4, 0.5) is 0 Å². The second-order valence-corrected chi connectivity index (χ2v) is 4.17. The Bertz CT molecular complexity index is 322. The zero-order chi connectivity index (χ0) is 10.7. The highest BCUT2D eigenvalue weighted by Crippen LogP contribution is 2.35. The van der Waals surface area contributed by atoms with E-state index in [0.29, 0.717) is 0 Å². The number of hydrogen-bond acceptors (Lipinski definition) is 2. The van der Waals surface area contributed by atoms with Gasteiger partial charge in [0.05, 0.1) is 6.10 Å². The SMILES string of the molecule is CCCC[C@@H]1CC(O)c2ccccc2O1. The van der Waals surface area contributed by atoms with E-state index < -0.39 is 0 Å². The number of unbranched alkanes of at least 4 members (excludes halogenated alkanes) is 1. The summed E-state index contributed by atoms with van der Waals surface area (Å²) in [5.74, 6) is 0.859. The minimum absolute atomic E-state index is 0.190. The van der Waals surface area contributed by atoms with Crippen LogP contribution in [0.25, 0.3) is 0 Å². The standard InChI is InChI=1S/C13H18O2/c1-2-3-6-10-9-12(14)11-7-4-5-8-13(11)15-10/h4-5,7-8,10,12,14H,2-3,6,9H2,1H3/t10-,12?/m1/s1. The number of fused-ring (bicyclic) bond motifs is 1. The van der Waals surface area contributed by atoms with Gasteiger partial charge in [-0.1, -0.05) is 38.0 Å².